The number of ether oxygens (including phenoxy) is 6. The highest BCUT2D eigenvalue weighted by atomic mass is 16.7. The fourth-order valence-corrected chi connectivity index (χ4v) is 11.2. The van der Waals surface area contributed by atoms with Crippen LogP contribution < -0.4 is 5.32 Å². The summed E-state index contributed by atoms with van der Waals surface area (Å²) in [6.45, 7) is 22.9. The number of hydrogen-bond acceptors (Lipinski definition) is 11. The van der Waals surface area contributed by atoms with Gasteiger partial charge in [-0.3, -0.25) is 9.59 Å². The number of carbonyl (C=O) groups is 3. The Labute approximate surface area is 371 Å². The third-order valence-electron chi connectivity index (χ3n) is 15.7. The van der Waals surface area contributed by atoms with Gasteiger partial charge in [0.1, 0.15) is 11.9 Å². The third kappa shape index (κ3) is 10.4. The number of aliphatic hydroxyl groups excluding tert-OH is 1. The maximum Gasteiger partial charge on any atom is 0.409 e. The molecular formula is C49H79NO12. The standard InChI is InChI=1S/C49H79NO12/c1-14-33(44(53)54)36-19-18-27(5)41(58-36)31(9)39(51)30(8)40(52)34(15-2)42-28(6)26-29(7)49(60-42)25-20-35(50-45(55)62-46(11,12)16-3)43(61-49)37-21-23-47(13,59-37)38-22-24-48(56,17-4)32(10)57-38/h3,20,25,27-39,41-43,51,56H,14-15,17-19,21-24,26H2,1-2,4-13H3,(H,50,55)(H,53,54)/t27-,28-,29+,30-,31-,32-,33+,34-,35+,36+,37?,38+,39+,41+,42-,43?,47-,48+,49-/m0/s1. The summed E-state index contributed by atoms with van der Waals surface area (Å²) in [5.74, 6) is -2.20. The number of alkyl carbamates (subject to hydrolysis) is 1. The number of hydrogen-bond donors (Lipinski definition) is 4. The van der Waals surface area contributed by atoms with Crippen LogP contribution in [0.15, 0.2) is 12.2 Å². The minimum Gasteiger partial charge on any atom is -0.481 e. The SMILES string of the molecule is C#CC(C)(C)OC(=O)N[C@@H]1C=C[C@@]2(OC1C1CC[C@@](C)([C@H]3CC[C@](O)(CC)[C@H](C)O3)O1)O[C@H]([C@@H](CC)C(=O)[C@@H](C)[C@@H](O)[C@H](C)[C@@H]1O[C@@H]([C@@H](CC)C(=O)O)CC[C@@H]1C)[C@@H](C)C[C@H]2C. The largest absolute Gasteiger partial charge is 0.481 e. The topological polar surface area (TPSA) is 179 Å². The van der Waals surface area contributed by atoms with Crippen molar-refractivity contribution in [2.24, 2.45) is 41.4 Å². The van der Waals surface area contributed by atoms with Crippen LogP contribution >= 0.6 is 0 Å². The molecule has 0 aliphatic carbocycles. The van der Waals surface area contributed by atoms with E-state index in [2.05, 4.69) is 32.0 Å². The van der Waals surface area contributed by atoms with Crippen LogP contribution in [0.25, 0.3) is 0 Å². The summed E-state index contributed by atoms with van der Waals surface area (Å²) in [5.41, 5.74) is -2.71. The number of carbonyl (C=O) groups excluding carboxylic acids is 2. The van der Waals surface area contributed by atoms with Crippen molar-refractivity contribution in [1.82, 2.24) is 5.32 Å². The van der Waals surface area contributed by atoms with E-state index in [1.54, 1.807) is 20.8 Å². The average Bonchev–Trinajstić information content (AvgIpc) is 3.63. The van der Waals surface area contributed by atoms with Crippen molar-refractivity contribution in [3.8, 4) is 12.3 Å². The molecule has 1 amide bonds. The molecule has 62 heavy (non-hydrogen) atoms. The predicted octanol–water partition coefficient (Wildman–Crippen LogP) is 7.37. The Kier molecular flexibility index (Phi) is 16.2. The van der Waals surface area contributed by atoms with Gasteiger partial charge in [-0.05, 0) is 110 Å². The zero-order chi connectivity index (χ0) is 46.1. The van der Waals surface area contributed by atoms with Crippen molar-refractivity contribution < 1.29 is 58.1 Å². The van der Waals surface area contributed by atoms with E-state index in [9.17, 15) is 29.7 Å². The second-order valence-corrected chi connectivity index (χ2v) is 20.4. The average molecular weight is 874 g/mol. The van der Waals surface area contributed by atoms with Crippen molar-refractivity contribution in [1.29, 1.82) is 0 Å². The molecule has 1 spiro atoms. The monoisotopic (exact) mass is 874 g/mol. The molecule has 0 aromatic rings. The molecule has 4 N–H and O–H groups in total. The molecule has 13 heteroatoms. The van der Waals surface area contributed by atoms with E-state index in [-0.39, 0.29) is 35.7 Å². The molecule has 5 aliphatic rings. The normalized spacial score (nSPS) is 41.3. The number of ketones is 1. The third-order valence-corrected chi connectivity index (χ3v) is 15.7. The Morgan fingerprint density at radius 2 is 1.61 bits per heavy atom. The second kappa shape index (κ2) is 19.9. The van der Waals surface area contributed by atoms with Gasteiger partial charge < -0.3 is 49.1 Å². The minimum atomic E-state index is -1.26. The number of carboxylic acid groups (broad SMARTS) is 1. The number of amides is 1. The summed E-state index contributed by atoms with van der Waals surface area (Å²) in [4.78, 5) is 40.0. The highest BCUT2D eigenvalue weighted by Crippen LogP contribution is 2.49. The van der Waals surface area contributed by atoms with Gasteiger partial charge in [0, 0.05) is 23.7 Å². The van der Waals surface area contributed by atoms with Crippen LogP contribution in [0.2, 0.25) is 0 Å². The summed E-state index contributed by atoms with van der Waals surface area (Å²) in [5, 5.41) is 35.8. The molecule has 0 aromatic carbocycles. The lowest BCUT2D eigenvalue weighted by Crippen LogP contribution is -2.62. The van der Waals surface area contributed by atoms with E-state index in [4.69, 9.17) is 34.8 Å². The second-order valence-electron chi connectivity index (χ2n) is 20.4. The van der Waals surface area contributed by atoms with Crippen LogP contribution in [0.1, 0.15) is 147 Å². The quantitative estimate of drug-likeness (QED) is 0.0950. The summed E-state index contributed by atoms with van der Waals surface area (Å²) >= 11 is 0. The van der Waals surface area contributed by atoms with Crippen molar-refractivity contribution in [3.63, 3.8) is 0 Å². The van der Waals surface area contributed by atoms with Gasteiger partial charge in [0.05, 0.1) is 65.9 Å². The Hall–Kier alpha value is -2.57. The van der Waals surface area contributed by atoms with Crippen LogP contribution in [-0.2, 0) is 38.0 Å². The highest BCUT2D eigenvalue weighted by molar-refractivity contribution is 5.84. The number of nitrogens with one attached hydrogen (secondary N) is 1. The van der Waals surface area contributed by atoms with E-state index in [0.29, 0.717) is 57.8 Å². The van der Waals surface area contributed by atoms with Gasteiger partial charge in [-0.1, -0.05) is 67.4 Å². The summed E-state index contributed by atoms with van der Waals surface area (Å²) in [6.07, 6.45) is 10.6. The number of aliphatic hydroxyl groups is 2. The number of terminal acetylenes is 1. The van der Waals surface area contributed by atoms with Crippen LogP contribution in [0.5, 0.6) is 0 Å². The van der Waals surface area contributed by atoms with E-state index in [0.717, 1.165) is 6.42 Å². The van der Waals surface area contributed by atoms with E-state index < -0.39 is 101 Å². The van der Waals surface area contributed by atoms with Crippen molar-refractivity contribution in [2.75, 3.05) is 0 Å². The molecule has 4 saturated heterocycles. The van der Waals surface area contributed by atoms with Crippen LogP contribution in [0.3, 0.4) is 0 Å². The Balaban J connectivity index is 1.37. The molecule has 0 bridgehead atoms. The zero-order valence-corrected chi connectivity index (χ0v) is 39.6. The van der Waals surface area contributed by atoms with Crippen molar-refractivity contribution in [3.05, 3.63) is 12.2 Å². The fraction of sp³-hybridized carbons (Fsp3) is 0.857. The van der Waals surface area contributed by atoms with Crippen LogP contribution in [0.4, 0.5) is 4.79 Å². The molecule has 2 unspecified atom stereocenters. The van der Waals surface area contributed by atoms with Gasteiger partial charge in [-0.25, -0.2) is 4.79 Å². The molecule has 0 radical (unpaired) electrons. The molecule has 0 aromatic heterocycles. The summed E-state index contributed by atoms with van der Waals surface area (Å²) in [6, 6.07) is -0.675. The van der Waals surface area contributed by atoms with Gasteiger partial charge in [0.2, 0.25) is 0 Å². The van der Waals surface area contributed by atoms with Crippen molar-refractivity contribution in [2.45, 2.75) is 225 Å². The first-order chi connectivity index (χ1) is 29.0. The van der Waals surface area contributed by atoms with E-state index in [1.165, 1.54) is 0 Å². The lowest BCUT2D eigenvalue weighted by molar-refractivity contribution is -0.327. The molecule has 352 valence electrons. The predicted molar refractivity (Wildman–Crippen MR) is 234 cm³/mol. The van der Waals surface area contributed by atoms with Gasteiger partial charge in [-0.2, -0.15) is 0 Å². The Morgan fingerprint density at radius 3 is 2.21 bits per heavy atom. The van der Waals surface area contributed by atoms with Crippen LogP contribution in [-0.4, -0.2) is 111 Å². The molecule has 5 rings (SSSR count). The van der Waals surface area contributed by atoms with E-state index >= 15 is 0 Å². The highest BCUT2D eigenvalue weighted by Gasteiger charge is 2.57. The molecule has 5 heterocycles. The Morgan fingerprint density at radius 1 is 0.935 bits per heavy atom. The number of Topliss-reactive ketones (excluding diaryl/α,β-unsaturated/α-hetero) is 1. The number of carboxylic acids is 1. The molecule has 5 aliphatic heterocycles. The molecular weight excluding hydrogens is 795 g/mol. The van der Waals surface area contributed by atoms with E-state index in [1.807, 2.05) is 53.7 Å². The Bertz CT molecular complexity index is 1650. The maximum absolute atomic E-state index is 14.6. The van der Waals surface area contributed by atoms with Gasteiger partial charge >= 0.3 is 12.1 Å². The van der Waals surface area contributed by atoms with Crippen molar-refractivity contribution >= 4 is 17.8 Å². The van der Waals surface area contributed by atoms with Crippen LogP contribution in [0, 0.1) is 53.8 Å². The first-order valence-electron chi connectivity index (χ1n) is 23.7. The molecule has 0 saturated carbocycles. The maximum atomic E-state index is 14.6. The first kappa shape index (κ1) is 50.4. The number of rotatable bonds is 15. The molecule has 13 nitrogen and oxygen atoms in total. The smallest absolute Gasteiger partial charge is 0.409 e. The number of aliphatic carboxylic acids is 1. The summed E-state index contributed by atoms with van der Waals surface area (Å²) in [7, 11) is 0. The summed E-state index contributed by atoms with van der Waals surface area (Å²) < 4.78 is 39.7. The minimum absolute atomic E-state index is 0.0266. The lowest BCUT2D eigenvalue weighted by Gasteiger charge is -2.52. The fourth-order valence-electron chi connectivity index (χ4n) is 11.2. The van der Waals surface area contributed by atoms with Gasteiger partial charge in [0.15, 0.2) is 11.4 Å². The van der Waals surface area contributed by atoms with Gasteiger partial charge in [0.25, 0.3) is 0 Å². The zero-order valence-electron chi connectivity index (χ0n) is 39.6. The lowest BCUT2D eigenvalue weighted by atomic mass is 9.72. The first-order valence-corrected chi connectivity index (χ1v) is 23.7. The molecule has 19 atom stereocenters. The molecule has 4 fully saturated rings. The van der Waals surface area contributed by atoms with Gasteiger partial charge in [-0.15, -0.1) is 6.42 Å².